The fourth-order valence-corrected chi connectivity index (χ4v) is 1.56. The van der Waals surface area contributed by atoms with Gasteiger partial charge < -0.3 is 14.1 Å². The van der Waals surface area contributed by atoms with E-state index in [4.69, 9.17) is 5.90 Å². The zero-order chi connectivity index (χ0) is 11.4. The standard InChI is InChI=1S/C10H16N2O3/c1-7(6-15-11)8-4-5-9(12(8)2)10(13)14-3/h4-5,7H,6,11H2,1-3H3. The van der Waals surface area contributed by atoms with Crippen LogP contribution in [0, 0.1) is 0 Å². The molecule has 0 amide bonds. The van der Waals surface area contributed by atoms with Gasteiger partial charge in [0.15, 0.2) is 0 Å². The maximum absolute atomic E-state index is 11.3. The second kappa shape index (κ2) is 4.95. The Hall–Kier alpha value is -1.33. The van der Waals surface area contributed by atoms with Gasteiger partial charge in [0.05, 0.1) is 13.7 Å². The number of rotatable bonds is 4. The van der Waals surface area contributed by atoms with E-state index in [-0.39, 0.29) is 11.9 Å². The molecule has 1 rings (SSSR count). The molecular formula is C10H16N2O3. The first kappa shape index (κ1) is 11.7. The largest absolute Gasteiger partial charge is 0.464 e. The van der Waals surface area contributed by atoms with E-state index in [1.54, 1.807) is 10.6 Å². The summed E-state index contributed by atoms with van der Waals surface area (Å²) in [6.07, 6.45) is 0. The summed E-state index contributed by atoms with van der Waals surface area (Å²) in [5.74, 6) is 4.80. The summed E-state index contributed by atoms with van der Waals surface area (Å²) >= 11 is 0. The van der Waals surface area contributed by atoms with Crippen molar-refractivity contribution in [3.63, 3.8) is 0 Å². The molecule has 0 aliphatic rings. The van der Waals surface area contributed by atoms with Crippen LogP contribution in [0.25, 0.3) is 0 Å². The van der Waals surface area contributed by atoms with Crippen LogP contribution in [0.15, 0.2) is 12.1 Å². The van der Waals surface area contributed by atoms with Crippen LogP contribution in [0.1, 0.15) is 29.0 Å². The smallest absolute Gasteiger partial charge is 0.354 e. The summed E-state index contributed by atoms with van der Waals surface area (Å²) in [6.45, 7) is 2.39. The topological polar surface area (TPSA) is 66.5 Å². The molecule has 0 aromatic carbocycles. The first-order valence-electron chi connectivity index (χ1n) is 4.67. The van der Waals surface area contributed by atoms with E-state index in [9.17, 15) is 4.79 Å². The molecule has 0 saturated heterocycles. The molecule has 0 saturated carbocycles. The maximum atomic E-state index is 11.3. The Morgan fingerprint density at radius 3 is 2.80 bits per heavy atom. The van der Waals surface area contributed by atoms with E-state index < -0.39 is 0 Å². The summed E-state index contributed by atoms with van der Waals surface area (Å²) in [4.78, 5) is 15.9. The molecule has 0 aliphatic carbocycles. The van der Waals surface area contributed by atoms with Crippen molar-refractivity contribution in [2.75, 3.05) is 13.7 Å². The molecule has 1 heterocycles. The van der Waals surface area contributed by atoms with Gasteiger partial charge in [-0.25, -0.2) is 10.7 Å². The van der Waals surface area contributed by atoms with E-state index in [1.165, 1.54) is 7.11 Å². The summed E-state index contributed by atoms with van der Waals surface area (Å²) in [5.41, 5.74) is 1.51. The third-order valence-electron chi connectivity index (χ3n) is 2.41. The summed E-state index contributed by atoms with van der Waals surface area (Å²) in [6, 6.07) is 3.60. The number of nitrogens with zero attached hydrogens (tertiary/aromatic N) is 1. The highest BCUT2D eigenvalue weighted by Crippen LogP contribution is 2.18. The highest BCUT2D eigenvalue weighted by atomic mass is 16.6. The van der Waals surface area contributed by atoms with Crippen LogP contribution in [0.2, 0.25) is 0 Å². The van der Waals surface area contributed by atoms with Crippen molar-refractivity contribution in [3.8, 4) is 0 Å². The third-order valence-corrected chi connectivity index (χ3v) is 2.41. The quantitative estimate of drug-likeness (QED) is 0.592. The van der Waals surface area contributed by atoms with Crippen molar-refractivity contribution in [2.24, 2.45) is 12.9 Å². The molecule has 0 fully saturated rings. The summed E-state index contributed by atoms with van der Waals surface area (Å²) in [5, 5.41) is 0. The molecule has 1 aromatic rings. The lowest BCUT2D eigenvalue weighted by atomic mass is 10.1. The lowest BCUT2D eigenvalue weighted by Crippen LogP contribution is -2.14. The molecule has 1 unspecified atom stereocenters. The zero-order valence-corrected chi connectivity index (χ0v) is 9.19. The van der Waals surface area contributed by atoms with Crippen molar-refractivity contribution >= 4 is 5.97 Å². The van der Waals surface area contributed by atoms with Crippen LogP contribution in [-0.4, -0.2) is 24.3 Å². The molecule has 0 spiro atoms. The highest BCUT2D eigenvalue weighted by molar-refractivity contribution is 5.87. The van der Waals surface area contributed by atoms with E-state index in [1.807, 2.05) is 20.0 Å². The zero-order valence-electron chi connectivity index (χ0n) is 9.19. The molecule has 84 valence electrons. The second-order valence-electron chi connectivity index (χ2n) is 3.43. The number of aromatic nitrogens is 1. The molecule has 5 heteroatoms. The minimum atomic E-state index is -0.343. The lowest BCUT2D eigenvalue weighted by molar-refractivity contribution is 0.0589. The van der Waals surface area contributed by atoms with Gasteiger partial charge in [-0.2, -0.15) is 0 Å². The summed E-state index contributed by atoms with van der Waals surface area (Å²) < 4.78 is 6.44. The highest BCUT2D eigenvalue weighted by Gasteiger charge is 2.16. The lowest BCUT2D eigenvalue weighted by Gasteiger charge is -2.12. The number of carbonyl (C=O) groups is 1. The van der Waals surface area contributed by atoms with Crippen LogP contribution in [-0.2, 0) is 16.6 Å². The van der Waals surface area contributed by atoms with Crippen molar-refractivity contribution in [3.05, 3.63) is 23.5 Å². The van der Waals surface area contributed by atoms with Crippen molar-refractivity contribution in [1.29, 1.82) is 0 Å². The van der Waals surface area contributed by atoms with Gasteiger partial charge in [-0.1, -0.05) is 6.92 Å². The normalized spacial score (nSPS) is 12.5. The molecule has 15 heavy (non-hydrogen) atoms. The Bertz CT molecular complexity index is 346. The Morgan fingerprint density at radius 1 is 1.60 bits per heavy atom. The number of nitrogens with two attached hydrogens (primary N) is 1. The van der Waals surface area contributed by atoms with E-state index in [0.29, 0.717) is 12.3 Å². The summed E-state index contributed by atoms with van der Waals surface area (Å²) in [7, 11) is 3.18. The first-order valence-corrected chi connectivity index (χ1v) is 4.67. The fourth-order valence-electron chi connectivity index (χ4n) is 1.56. The Balaban J connectivity index is 2.93. The van der Waals surface area contributed by atoms with Crippen LogP contribution >= 0.6 is 0 Å². The maximum Gasteiger partial charge on any atom is 0.354 e. The predicted octanol–water partition coefficient (Wildman–Crippen LogP) is 0.805. The van der Waals surface area contributed by atoms with Gasteiger partial charge in [0.25, 0.3) is 0 Å². The predicted molar refractivity (Wildman–Crippen MR) is 55.3 cm³/mol. The molecule has 0 aliphatic heterocycles. The number of esters is 1. The molecule has 1 atom stereocenters. The molecule has 1 aromatic heterocycles. The average molecular weight is 212 g/mol. The van der Waals surface area contributed by atoms with Crippen LogP contribution in [0.3, 0.4) is 0 Å². The van der Waals surface area contributed by atoms with Gasteiger partial charge >= 0.3 is 5.97 Å². The van der Waals surface area contributed by atoms with Gasteiger partial charge in [-0.05, 0) is 12.1 Å². The Kier molecular flexibility index (Phi) is 3.88. The Morgan fingerprint density at radius 2 is 2.27 bits per heavy atom. The average Bonchev–Trinajstić information content (AvgIpc) is 2.59. The van der Waals surface area contributed by atoms with Crippen LogP contribution in [0.4, 0.5) is 0 Å². The molecular weight excluding hydrogens is 196 g/mol. The number of hydrogen-bond acceptors (Lipinski definition) is 4. The first-order chi connectivity index (χ1) is 7.11. The minimum Gasteiger partial charge on any atom is -0.464 e. The number of methoxy groups -OCH3 is 1. The van der Waals surface area contributed by atoms with Crippen molar-refractivity contribution < 1.29 is 14.4 Å². The van der Waals surface area contributed by atoms with Gasteiger partial charge in [0.1, 0.15) is 5.69 Å². The fraction of sp³-hybridized carbons (Fsp3) is 0.500. The number of carbonyl (C=O) groups excluding carboxylic acids is 1. The SMILES string of the molecule is COC(=O)c1ccc(C(C)CON)n1C. The van der Waals surface area contributed by atoms with Crippen molar-refractivity contribution in [2.45, 2.75) is 12.8 Å². The molecule has 0 bridgehead atoms. The number of hydrogen-bond donors (Lipinski definition) is 1. The van der Waals surface area contributed by atoms with Crippen LogP contribution in [0.5, 0.6) is 0 Å². The molecule has 0 radical (unpaired) electrons. The van der Waals surface area contributed by atoms with Gasteiger partial charge in [0, 0.05) is 18.7 Å². The van der Waals surface area contributed by atoms with Gasteiger partial charge in [0.2, 0.25) is 0 Å². The van der Waals surface area contributed by atoms with Crippen molar-refractivity contribution in [1.82, 2.24) is 4.57 Å². The van der Waals surface area contributed by atoms with Gasteiger partial charge in [-0.15, -0.1) is 0 Å². The Labute approximate surface area is 88.7 Å². The van der Waals surface area contributed by atoms with E-state index in [2.05, 4.69) is 9.57 Å². The monoisotopic (exact) mass is 212 g/mol. The second-order valence-corrected chi connectivity index (χ2v) is 3.43. The molecule has 5 nitrogen and oxygen atoms in total. The van der Waals surface area contributed by atoms with E-state index >= 15 is 0 Å². The third kappa shape index (κ3) is 2.37. The number of ether oxygens (including phenoxy) is 1. The van der Waals surface area contributed by atoms with E-state index in [0.717, 1.165) is 5.69 Å². The van der Waals surface area contributed by atoms with Gasteiger partial charge in [-0.3, -0.25) is 0 Å². The minimum absolute atomic E-state index is 0.137. The molecule has 2 N–H and O–H groups in total. The van der Waals surface area contributed by atoms with Crippen LogP contribution < -0.4 is 5.90 Å².